The molecule has 9 nitrogen and oxygen atoms in total. The number of imide groups is 2. The van der Waals surface area contributed by atoms with Crippen molar-refractivity contribution >= 4 is 52.5 Å². The van der Waals surface area contributed by atoms with Crippen molar-refractivity contribution < 1.29 is 33.4 Å². The Labute approximate surface area is 161 Å². The molecule has 1 unspecified atom stereocenters. The van der Waals surface area contributed by atoms with Gasteiger partial charge in [0.1, 0.15) is 11.8 Å². The third-order valence-electron chi connectivity index (χ3n) is 4.12. The summed E-state index contributed by atoms with van der Waals surface area (Å²) < 4.78 is 10.7. The summed E-state index contributed by atoms with van der Waals surface area (Å²) in [4.78, 5) is 61.6. The molecule has 4 amide bonds. The predicted molar refractivity (Wildman–Crippen MR) is 93.3 cm³/mol. The Morgan fingerprint density at radius 3 is 2.65 bits per heavy atom. The number of hydrogen-bond donors (Lipinski definition) is 0. The number of hydrogen-bond acceptors (Lipinski definition) is 7. The normalized spacial score (nSPS) is 19.7. The number of rotatable bonds is 4. The van der Waals surface area contributed by atoms with Crippen LogP contribution in [0.25, 0.3) is 0 Å². The summed E-state index contributed by atoms with van der Waals surface area (Å²) in [5.41, 5.74) is 0.0770. The summed E-state index contributed by atoms with van der Waals surface area (Å²) in [5, 5.41) is 0. The van der Waals surface area contributed by atoms with Crippen molar-refractivity contribution in [1.82, 2.24) is 8.01 Å². The van der Waals surface area contributed by atoms with Gasteiger partial charge < -0.3 is 9.47 Å². The fraction of sp³-hybridized carbons (Fsp3) is 0.312. The van der Waals surface area contributed by atoms with Gasteiger partial charge in [0.05, 0.1) is 41.1 Å². The zero-order valence-electron chi connectivity index (χ0n) is 13.6. The number of carbonyl (C=O) groups is 5. The Morgan fingerprint density at radius 2 is 1.96 bits per heavy atom. The zero-order valence-corrected chi connectivity index (χ0v) is 15.7. The third-order valence-corrected chi connectivity index (χ3v) is 5.14. The molecule has 1 aromatic carbocycles. The molecule has 2 aliphatic heterocycles. The van der Waals surface area contributed by atoms with Gasteiger partial charge in [0.25, 0.3) is 17.7 Å². The highest BCUT2D eigenvalue weighted by Crippen LogP contribution is 2.34. The molecule has 136 valence electrons. The van der Waals surface area contributed by atoms with Crippen LogP contribution >= 0.6 is 22.9 Å². The maximum absolute atomic E-state index is 12.8. The van der Waals surface area contributed by atoms with E-state index in [0.29, 0.717) is 0 Å². The minimum atomic E-state index is -1.05. The lowest BCUT2D eigenvalue weighted by Gasteiger charge is -2.31. The van der Waals surface area contributed by atoms with Crippen molar-refractivity contribution in [3.63, 3.8) is 0 Å². The first-order valence-corrected chi connectivity index (χ1v) is 8.56. The first-order chi connectivity index (χ1) is 12.4. The van der Waals surface area contributed by atoms with Gasteiger partial charge in [-0.3, -0.25) is 24.1 Å². The average molecular weight is 472 g/mol. The van der Waals surface area contributed by atoms with Gasteiger partial charge in [-0.15, -0.1) is 0 Å². The van der Waals surface area contributed by atoms with Gasteiger partial charge >= 0.3 is 5.97 Å². The summed E-state index contributed by atoms with van der Waals surface area (Å²) >= 11 is 1.56. The minimum Gasteiger partial charge on any atom is -0.481 e. The largest absolute Gasteiger partial charge is 0.481 e. The van der Waals surface area contributed by atoms with Crippen LogP contribution in [-0.2, 0) is 19.1 Å². The van der Waals surface area contributed by atoms with Gasteiger partial charge in [0.2, 0.25) is 5.91 Å². The molecular formula is C16H13IN2O7. The SMILES string of the molecule is COC(=O)COc1cccc2c1C(=O)N(C1CCC(=O)N(I)C1=O)C2=O. The second-order valence-electron chi connectivity index (χ2n) is 5.59. The lowest BCUT2D eigenvalue weighted by atomic mass is 10.0. The zero-order chi connectivity index (χ0) is 19.0. The molecule has 1 saturated heterocycles. The molecule has 2 heterocycles. The number of methoxy groups -OCH3 is 1. The molecule has 3 rings (SSSR count). The quantitative estimate of drug-likeness (QED) is 0.275. The average Bonchev–Trinajstić information content (AvgIpc) is 2.89. The van der Waals surface area contributed by atoms with Crippen molar-refractivity contribution in [2.24, 2.45) is 0 Å². The van der Waals surface area contributed by atoms with Gasteiger partial charge in [-0.2, -0.15) is 0 Å². The molecule has 0 N–H and O–H groups in total. The fourth-order valence-corrected chi connectivity index (χ4v) is 3.41. The summed E-state index contributed by atoms with van der Waals surface area (Å²) in [6.07, 6.45) is 0.124. The van der Waals surface area contributed by atoms with Crippen molar-refractivity contribution in [2.75, 3.05) is 13.7 Å². The van der Waals surface area contributed by atoms with E-state index in [-0.39, 0.29) is 35.6 Å². The number of benzene rings is 1. The van der Waals surface area contributed by atoms with Crippen LogP contribution in [0.1, 0.15) is 33.6 Å². The van der Waals surface area contributed by atoms with E-state index in [9.17, 15) is 24.0 Å². The number of ether oxygens (including phenoxy) is 2. The number of piperidine rings is 1. The van der Waals surface area contributed by atoms with Crippen LogP contribution < -0.4 is 4.74 Å². The van der Waals surface area contributed by atoms with E-state index < -0.39 is 36.3 Å². The highest BCUT2D eigenvalue weighted by molar-refractivity contribution is 14.1. The summed E-state index contributed by atoms with van der Waals surface area (Å²) in [6, 6.07) is 3.36. The van der Waals surface area contributed by atoms with Crippen molar-refractivity contribution in [1.29, 1.82) is 0 Å². The van der Waals surface area contributed by atoms with E-state index in [4.69, 9.17) is 4.74 Å². The Balaban J connectivity index is 1.91. The lowest BCUT2D eigenvalue weighted by Crippen LogP contribution is -2.53. The van der Waals surface area contributed by atoms with Gasteiger partial charge in [0.15, 0.2) is 6.61 Å². The number of nitrogens with zero attached hydrogens (tertiary/aromatic N) is 2. The molecule has 1 fully saturated rings. The fourth-order valence-electron chi connectivity index (χ4n) is 2.85. The molecule has 2 aliphatic rings. The predicted octanol–water partition coefficient (Wildman–Crippen LogP) is 0.702. The van der Waals surface area contributed by atoms with Crippen LogP contribution in [0.5, 0.6) is 5.75 Å². The molecule has 0 saturated carbocycles. The standard InChI is InChI=1S/C16H13IN2O7/c1-25-12(21)7-26-10-4-2-3-8-13(10)16(24)18(14(8)22)9-5-6-11(20)19(17)15(9)23/h2-4,9H,5-7H2,1H3. The van der Waals surface area contributed by atoms with Crippen LogP contribution in [0.4, 0.5) is 0 Å². The number of fused-ring (bicyclic) bond motifs is 1. The molecular weight excluding hydrogens is 459 g/mol. The van der Waals surface area contributed by atoms with Crippen molar-refractivity contribution in [2.45, 2.75) is 18.9 Å². The third kappa shape index (κ3) is 2.93. The topological polar surface area (TPSA) is 110 Å². The smallest absolute Gasteiger partial charge is 0.343 e. The maximum Gasteiger partial charge on any atom is 0.343 e. The van der Waals surface area contributed by atoms with Crippen molar-refractivity contribution in [3.8, 4) is 5.75 Å². The molecule has 0 aromatic heterocycles. The molecule has 0 radical (unpaired) electrons. The summed E-state index contributed by atoms with van der Waals surface area (Å²) in [5.74, 6) is -2.90. The van der Waals surface area contributed by atoms with E-state index in [0.717, 1.165) is 8.01 Å². The van der Waals surface area contributed by atoms with Gasteiger partial charge in [-0.1, -0.05) is 6.07 Å². The Kier molecular flexibility index (Phi) is 4.94. The number of esters is 1. The molecule has 26 heavy (non-hydrogen) atoms. The van der Waals surface area contributed by atoms with E-state index in [2.05, 4.69) is 4.74 Å². The molecule has 0 spiro atoms. The van der Waals surface area contributed by atoms with Crippen LogP contribution in [0.2, 0.25) is 0 Å². The Morgan fingerprint density at radius 1 is 1.23 bits per heavy atom. The van der Waals surface area contributed by atoms with Crippen LogP contribution in [0.15, 0.2) is 18.2 Å². The second kappa shape index (κ2) is 7.02. The van der Waals surface area contributed by atoms with E-state index in [1.165, 1.54) is 25.3 Å². The Bertz CT molecular complexity index is 838. The van der Waals surface area contributed by atoms with Crippen LogP contribution in [-0.4, -0.2) is 57.4 Å². The summed E-state index contributed by atoms with van der Waals surface area (Å²) in [7, 11) is 1.20. The van der Waals surface area contributed by atoms with Crippen LogP contribution in [0, 0.1) is 0 Å². The van der Waals surface area contributed by atoms with Crippen molar-refractivity contribution in [3.05, 3.63) is 29.3 Å². The maximum atomic E-state index is 12.8. The van der Waals surface area contributed by atoms with Gasteiger partial charge in [0, 0.05) is 6.42 Å². The second-order valence-corrected chi connectivity index (χ2v) is 6.56. The molecule has 10 heteroatoms. The number of amides is 4. The van der Waals surface area contributed by atoms with Gasteiger partial charge in [-0.05, 0) is 18.6 Å². The summed E-state index contributed by atoms with van der Waals surface area (Å²) in [6.45, 7) is -0.424. The molecule has 0 bridgehead atoms. The number of carbonyl (C=O) groups excluding carboxylic acids is 5. The number of halogens is 1. The first kappa shape index (κ1) is 18.3. The monoisotopic (exact) mass is 472 g/mol. The van der Waals surface area contributed by atoms with E-state index in [1.807, 2.05) is 0 Å². The Hall–Kier alpha value is -2.50. The minimum absolute atomic E-state index is 0.00823. The molecule has 1 atom stereocenters. The highest BCUT2D eigenvalue weighted by Gasteiger charge is 2.47. The first-order valence-electron chi connectivity index (χ1n) is 7.60. The van der Waals surface area contributed by atoms with E-state index >= 15 is 0 Å². The molecule has 0 aliphatic carbocycles. The molecule has 1 aromatic rings. The van der Waals surface area contributed by atoms with Crippen LogP contribution in [0.3, 0.4) is 0 Å². The van der Waals surface area contributed by atoms with Gasteiger partial charge in [-0.25, -0.2) is 7.91 Å². The lowest BCUT2D eigenvalue weighted by molar-refractivity contribution is -0.143. The highest BCUT2D eigenvalue weighted by atomic mass is 127. The van der Waals surface area contributed by atoms with E-state index in [1.54, 1.807) is 22.9 Å².